The molecule has 0 saturated carbocycles. The van der Waals surface area contributed by atoms with E-state index in [0.717, 1.165) is 68.1 Å². The van der Waals surface area contributed by atoms with Gasteiger partial charge in [0.05, 0.1) is 0 Å². The van der Waals surface area contributed by atoms with Crippen molar-refractivity contribution in [2.75, 3.05) is 13.1 Å². The summed E-state index contributed by atoms with van der Waals surface area (Å²) in [4.78, 5) is 41.7. The summed E-state index contributed by atoms with van der Waals surface area (Å²) in [6, 6.07) is 4.31. The maximum atomic E-state index is 13.9. The van der Waals surface area contributed by atoms with Crippen LogP contribution in [0.5, 0.6) is 0 Å². The van der Waals surface area contributed by atoms with Gasteiger partial charge >= 0.3 is 6.09 Å². The quantitative estimate of drug-likeness (QED) is 0.265. The van der Waals surface area contributed by atoms with E-state index < -0.39 is 23.8 Å². The molecule has 2 atom stereocenters. The summed E-state index contributed by atoms with van der Waals surface area (Å²) in [5.41, 5.74) is 2.10. The topological polar surface area (TPSA) is 87.7 Å². The van der Waals surface area contributed by atoms with Crippen molar-refractivity contribution in [2.24, 2.45) is 0 Å². The first kappa shape index (κ1) is 32.5. The number of nitrogens with one attached hydrogen (secondary N) is 2. The number of hydrogen-bond acceptors (Lipinski definition) is 4. The average Bonchev–Trinajstić information content (AvgIpc) is 2.80. The number of ether oxygens (including phenoxy) is 1. The zero-order chi connectivity index (χ0) is 28.0. The van der Waals surface area contributed by atoms with Crippen molar-refractivity contribution < 1.29 is 19.1 Å². The number of carbonyl (C=O) groups excluding carboxylic acids is 3. The van der Waals surface area contributed by atoms with Crippen molar-refractivity contribution in [3.8, 4) is 0 Å². The summed E-state index contributed by atoms with van der Waals surface area (Å²) in [6.45, 7) is 16.2. The van der Waals surface area contributed by atoms with Crippen molar-refractivity contribution in [3.63, 3.8) is 0 Å². The molecule has 0 saturated heterocycles. The first-order valence-electron chi connectivity index (χ1n) is 14.1. The number of amides is 3. The second kappa shape index (κ2) is 16.3. The van der Waals surface area contributed by atoms with E-state index in [1.807, 2.05) is 32.0 Å². The van der Waals surface area contributed by atoms with Gasteiger partial charge in [0.15, 0.2) is 0 Å². The first-order valence-corrected chi connectivity index (χ1v) is 14.1. The Morgan fingerprint density at radius 3 is 2.05 bits per heavy atom. The number of unbranched alkanes of at least 4 members (excludes halogenated alkanes) is 6. The molecule has 0 aliphatic rings. The van der Waals surface area contributed by atoms with Gasteiger partial charge in [-0.1, -0.05) is 70.6 Å². The van der Waals surface area contributed by atoms with E-state index in [0.29, 0.717) is 13.1 Å². The number of nitrogens with zero attached hydrogens (tertiary/aromatic N) is 1. The highest BCUT2D eigenvalue weighted by atomic mass is 16.6. The molecule has 2 unspecified atom stereocenters. The van der Waals surface area contributed by atoms with Crippen LogP contribution < -0.4 is 10.6 Å². The highest BCUT2D eigenvalue weighted by Crippen LogP contribution is 2.29. The highest BCUT2D eigenvalue weighted by Gasteiger charge is 2.35. The number of alkyl carbamates (subject to hydrolysis) is 1. The van der Waals surface area contributed by atoms with Crippen LogP contribution in [0.4, 0.5) is 4.79 Å². The molecule has 0 bridgehead atoms. The minimum atomic E-state index is -0.842. The Morgan fingerprint density at radius 1 is 0.919 bits per heavy atom. The van der Waals surface area contributed by atoms with Crippen LogP contribution in [0.1, 0.15) is 116 Å². The molecule has 0 aliphatic carbocycles. The molecule has 3 amide bonds. The van der Waals surface area contributed by atoms with Crippen molar-refractivity contribution in [1.82, 2.24) is 15.5 Å². The number of carbonyl (C=O) groups is 3. The maximum absolute atomic E-state index is 13.9. The lowest BCUT2D eigenvalue weighted by molar-refractivity contribution is -0.142. The first-order chi connectivity index (χ1) is 17.4. The van der Waals surface area contributed by atoms with E-state index in [4.69, 9.17) is 4.74 Å². The monoisotopic (exact) mass is 517 g/mol. The molecule has 1 aromatic rings. The van der Waals surface area contributed by atoms with E-state index in [1.54, 1.807) is 32.6 Å². The fourth-order valence-electron chi connectivity index (χ4n) is 4.42. The van der Waals surface area contributed by atoms with Crippen LogP contribution in [0.25, 0.3) is 0 Å². The minimum Gasteiger partial charge on any atom is -0.444 e. The Balaban J connectivity index is 3.33. The third kappa shape index (κ3) is 11.6. The van der Waals surface area contributed by atoms with Crippen LogP contribution in [0.2, 0.25) is 0 Å². The van der Waals surface area contributed by atoms with E-state index in [-0.39, 0.29) is 11.8 Å². The lowest BCUT2D eigenvalue weighted by Crippen LogP contribution is -2.52. The predicted octanol–water partition coefficient (Wildman–Crippen LogP) is 6.36. The fraction of sp³-hybridized carbons (Fsp3) is 0.700. The molecule has 1 aromatic carbocycles. The maximum Gasteiger partial charge on any atom is 0.408 e. The van der Waals surface area contributed by atoms with Crippen molar-refractivity contribution >= 4 is 17.9 Å². The van der Waals surface area contributed by atoms with Gasteiger partial charge in [-0.25, -0.2) is 4.79 Å². The van der Waals surface area contributed by atoms with Gasteiger partial charge in [0.1, 0.15) is 17.7 Å². The molecule has 1 rings (SSSR count). The molecule has 2 N–H and O–H groups in total. The Morgan fingerprint density at radius 2 is 1.49 bits per heavy atom. The van der Waals surface area contributed by atoms with Gasteiger partial charge in [-0.15, -0.1) is 0 Å². The summed E-state index contributed by atoms with van der Waals surface area (Å²) in [5, 5.41) is 5.76. The Kier molecular flexibility index (Phi) is 14.3. The standard InChI is InChI=1S/C30H51N3O4/c1-9-11-13-14-16-21-33(28(35)24(5)32-29(36)37-30(6,7)8)26(27(34)31-20-15-12-10-2)25-22(3)18-17-19-23(25)4/h17-19,24,26H,9-16,20-21H2,1-8H3,(H,31,34)(H,32,36). The lowest BCUT2D eigenvalue weighted by Gasteiger charge is -2.35. The zero-order valence-corrected chi connectivity index (χ0v) is 24.5. The van der Waals surface area contributed by atoms with Crippen LogP contribution in [0.3, 0.4) is 0 Å². The van der Waals surface area contributed by atoms with Crippen molar-refractivity contribution in [1.29, 1.82) is 0 Å². The summed E-state index contributed by atoms with van der Waals surface area (Å²) < 4.78 is 5.37. The minimum absolute atomic E-state index is 0.181. The van der Waals surface area contributed by atoms with Crippen LogP contribution in [0, 0.1) is 13.8 Å². The third-order valence-corrected chi connectivity index (χ3v) is 6.34. The highest BCUT2D eigenvalue weighted by molar-refractivity contribution is 5.92. The van der Waals surface area contributed by atoms with Crippen molar-refractivity contribution in [3.05, 3.63) is 34.9 Å². The van der Waals surface area contributed by atoms with E-state index in [1.165, 1.54) is 0 Å². The molecule has 0 fully saturated rings. The summed E-state index contributed by atoms with van der Waals surface area (Å²) >= 11 is 0. The molecule has 7 nitrogen and oxygen atoms in total. The van der Waals surface area contributed by atoms with Gasteiger partial charge in [0.25, 0.3) is 0 Å². The lowest BCUT2D eigenvalue weighted by atomic mass is 9.93. The Bertz CT molecular complexity index is 843. The van der Waals surface area contributed by atoms with Gasteiger partial charge < -0.3 is 20.3 Å². The van der Waals surface area contributed by atoms with Crippen LogP contribution in [-0.4, -0.2) is 47.5 Å². The molecule has 0 aliphatic heterocycles. The SMILES string of the molecule is CCCCCCCN(C(=O)C(C)NC(=O)OC(C)(C)C)C(C(=O)NCCCCC)c1c(C)cccc1C. The smallest absolute Gasteiger partial charge is 0.408 e. The average molecular weight is 518 g/mol. The molecule has 0 aromatic heterocycles. The Hall–Kier alpha value is -2.57. The normalized spacial score (nSPS) is 13.0. The molecule has 7 heteroatoms. The van der Waals surface area contributed by atoms with E-state index >= 15 is 0 Å². The van der Waals surface area contributed by atoms with Gasteiger partial charge in [0.2, 0.25) is 11.8 Å². The zero-order valence-electron chi connectivity index (χ0n) is 24.5. The number of hydrogen-bond donors (Lipinski definition) is 2. The molecule has 0 radical (unpaired) electrons. The largest absolute Gasteiger partial charge is 0.444 e. The summed E-state index contributed by atoms with van der Waals surface area (Å²) in [6.07, 6.45) is 7.46. The van der Waals surface area contributed by atoms with Gasteiger partial charge in [-0.05, 0) is 71.1 Å². The number of rotatable bonds is 15. The second-order valence-corrected chi connectivity index (χ2v) is 11.0. The Labute approximate surface area is 225 Å². The van der Waals surface area contributed by atoms with Gasteiger partial charge in [-0.3, -0.25) is 9.59 Å². The predicted molar refractivity (Wildman–Crippen MR) is 150 cm³/mol. The van der Waals surface area contributed by atoms with Gasteiger partial charge in [-0.2, -0.15) is 0 Å². The van der Waals surface area contributed by atoms with E-state index in [2.05, 4.69) is 24.5 Å². The number of benzene rings is 1. The number of aryl methyl sites for hydroxylation is 2. The van der Waals surface area contributed by atoms with Gasteiger partial charge in [0, 0.05) is 13.1 Å². The third-order valence-electron chi connectivity index (χ3n) is 6.34. The summed E-state index contributed by atoms with van der Waals surface area (Å²) in [7, 11) is 0. The molecule has 0 spiro atoms. The summed E-state index contributed by atoms with van der Waals surface area (Å²) in [5.74, 6) is -0.474. The molecule has 37 heavy (non-hydrogen) atoms. The van der Waals surface area contributed by atoms with Crippen molar-refractivity contribution in [2.45, 2.75) is 124 Å². The fourth-order valence-corrected chi connectivity index (χ4v) is 4.42. The molecule has 210 valence electrons. The second-order valence-electron chi connectivity index (χ2n) is 11.0. The molecular formula is C30H51N3O4. The van der Waals surface area contributed by atoms with Crippen LogP contribution >= 0.6 is 0 Å². The van der Waals surface area contributed by atoms with Crippen LogP contribution in [-0.2, 0) is 14.3 Å². The van der Waals surface area contributed by atoms with E-state index in [9.17, 15) is 14.4 Å². The molecule has 0 heterocycles. The van der Waals surface area contributed by atoms with Crippen LogP contribution in [0.15, 0.2) is 18.2 Å². The molecular weight excluding hydrogens is 466 g/mol.